The number of hydrogen-bond donors (Lipinski definition) is 1. The van der Waals surface area contributed by atoms with E-state index in [0.29, 0.717) is 17.8 Å². The molecule has 2 aromatic heterocycles. The van der Waals surface area contributed by atoms with Crippen LogP contribution in [-0.4, -0.2) is 47.3 Å². The van der Waals surface area contributed by atoms with Crippen molar-refractivity contribution in [2.45, 2.75) is 154 Å². The molecule has 6 rings (SSSR count). The summed E-state index contributed by atoms with van der Waals surface area (Å²) in [5.41, 5.74) is 8.47. The van der Waals surface area contributed by atoms with E-state index in [-0.39, 0.29) is 22.3 Å². The quantitative estimate of drug-likeness (QED) is 0.0906. The van der Waals surface area contributed by atoms with Gasteiger partial charge in [-0.1, -0.05) is 150 Å². The van der Waals surface area contributed by atoms with Gasteiger partial charge in [0.15, 0.2) is 0 Å². The van der Waals surface area contributed by atoms with Crippen LogP contribution < -0.4 is 14.5 Å². The minimum Gasteiger partial charge on any atom is -0.349 e. The van der Waals surface area contributed by atoms with Crippen LogP contribution in [0, 0.1) is 5.92 Å². The van der Waals surface area contributed by atoms with Gasteiger partial charge in [0.05, 0.1) is 47.3 Å². The molecule has 0 atom stereocenters. The van der Waals surface area contributed by atoms with Crippen LogP contribution in [0.25, 0.3) is 0 Å². The first-order chi connectivity index (χ1) is 27.2. The number of imidazole rings is 2. The summed E-state index contributed by atoms with van der Waals surface area (Å²) in [6, 6.07) is 27.1. The van der Waals surface area contributed by atoms with Gasteiger partial charge in [0.1, 0.15) is 44.4 Å². The van der Waals surface area contributed by atoms with Crippen molar-refractivity contribution in [1.82, 2.24) is 9.13 Å². The molecule has 1 aliphatic rings. The maximum absolute atomic E-state index is 2.41. The molecular weight excluding hydrogens is 733 g/mol. The zero-order chi connectivity index (χ0) is 41.8. The molecule has 60 heavy (non-hydrogen) atoms. The molecule has 336 valence electrons. The Labute approximate surface area is 371 Å². The number of benzene rings is 3. The third-order valence-electron chi connectivity index (χ3n) is 11.1. The van der Waals surface area contributed by atoms with Gasteiger partial charge in [-0.15, -0.1) is 0 Å². The molecular formula is C54H94N6+4. The lowest BCUT2D eigenvalue weighted by Crippen LogP contribution is -2.79. The summed E-state index contributed by atoms with van der Waals surface area (Å²) in [7, 11) is 6.57. The van der Waals surface area contributed by atoms with Crippen LogP contribution in [0.5, 0.6) is 0 Å². The number of rotatable bonds is 13. The standard InChI is InChI=1S/C16H26N.C15H21N2.C14H19N2.C6H15N.3CH4/c1-14(2)16-9-7-15(8-10-16)13-17(3)11-5-4-6-12-17;1-4-16-9-10-17(12-16)11-14-5-7-15(8-6-14)13(2)3;1-12(2)14-6-4-13(5-7-14)10-16-9-8-15(3)11-16;1-6(2)4-5-7-3;;;/h7-10,14H,4-6,11-13H2,1-3H3;5-10,12-13H,4,11H2,1-3H3;4-9,11-12H,10H2,1-3H3;6-7H,4-5H2,1-3H3;3*1H4/q3*+1;;;;/p+1. The molecule has 1 fully saturated rings. The first kappa shape index (κ1) is 56.0. The highest BCUT2D eigenvalue weighted by Gasteiger charge is 2.24. The van der Waals surface area contributed by atoms with E-state index in [2.05, 4.69) is 210 Å². The topological polar surface area (TPSA) is 34.2 Å². The number of likely N-dealkylation sites (tertiary alicyclic amines) is 1. The molecule has 0 bridgehead atoms. The van der Waals surface area contributed by atoms with Gasteiger partial charge < -0.3 is 9.80 Å². The summed E-state index contributed by atoms with van der Waals surface area (Å²) >= 11 is 0. The zero-order valence-corrected chi connectivity index (χ0v) is 38.3. The molecule has 6 nitrogen and oxygen atoms in total. The van der Waals surface area contributed by atoms with Gasteiger partial charge >= 0.3 is 0 Å². The molecule has 0 spiro atoms. The second kappa shape index (κ2) is 29.3. The predicted octanol–water partition coefficient (Wildman–Crippen LogP) is 11.5. The average Bonchev–Trinajstić information content (AvgIpc) is 3.83. The Morgan fingerprint density at radius 3 is 1.47 bits per heavy atom. The summed E-state index contributed by atoms with van der Waals surface area (Å²) in [5.74, 6) is 2.73. The first-order valence-corrected chi connectivity index (χ1v) is 22.1. The van der Waals surface area contributed by atoms with Gasteiger partial charge in [-0.25, -0.2) is 18.3 Å². The van der Waals surface area contributed by atoms with Gasteiger partial charge in [0.25, 0.3) is 0 Å². The van der Waals surface area contributed by atoms with Crippen LogP contribution in [0.4, 0.5) is 0 Å². The Morgan fingerprint density at radius 1 is 0.617 bits per heavy atom. The molecule has 0 saturated carbocycles. The molecule has 5 aromatic rings. The minimum atomic E-state index is 0. The molecule has 6 heteroatoms. The lowest BCUT2D eigenvalue weighted by Gasteiger charge is -2.37. The van der Waals surface area contributed by atoms with E-state index in [1.165, 1.54) is 89.7 Å². The molecule has 3 heterocycles. The number of aromatic nitrogens is 4. The van der Waals surface area contributed by atoms with Crippen molar-refractivity contribution in [2.24, 2.45) is 13.0 Å². The van der Waals surface area contributed by atoms with Crippen LogP contribution in [0.2, 0.25) is 0 Å². The molecule has 0 unspecified atom stereocenters. The number of piperidine rings is 1. The number of quaternary nitrogens is 2. The lowest BCUT2D eigenvalue weighted by molar-refractivity contribution is -0.926. The van der Waals surface area contributed by atoms with Crippen molar-refractivity contribution in [2.75, 3.05) is 33.7 Å². The average molecular weight is 827 g/mol. The number of nitrogens with two attached hydrogens (primary N) is 1. The molecule has 1 saturated heterocycles. The van der Waals surface area contributed by atoms with Gasteiger partial charge in [0, 0.05) is 5.56 Å². The van der Waals surface area contributed by atoms with Crippen molar-refractivity contribution in [3.63, 3.8) is 0 Å². The first-order valence-electron chi connectivity index (χ1n) is 22.1. The molecule has 3 aromatic carbocycles. The van der Waals surface area contributed by atoms with Crippen molar-refractivity contribution in [3.05, 3.63) is 144 Å². The van der Waals surface area contributed by atoms with Gasteiger partial charge in [-0.3, -0.25) is 0 Å². The Morgan fingerprint density at radius 2 is 1.08 bits per heavy atom. The second-order valence-electron chi connectivity index (χ2n) is 18.0. The summed E-state index contributed by atoms with van der Waals surface area (Å²) in [6.45, 7) is 28.2. The summed E-state index contributed by atoms with van der Waals surface area (Å²) in [6.07, 6.45) is 18.2. The largest absolute Gasteiger partial charge is 0.349 e. The monoisotopic (exact) mass is 827 g/mol. The smallest absolute Gasteiger partial charge is 0.244 e. The van der Waals surface area contributed by atoms with Crippen LogP contribution in [0.15, 0.2) is 110 Å². The Hall–Kier alpha value is -4.00. The molecule has 0 radical (unpaired) electrons. The summed E-state index contributed by atoms with van der Waals surface area (Å²) < 4.78 is 9.88. The number of hydrogen-bond acceptors (Lipinski definition) is 0. The molecule has 0 amide bonds. The second-order valence-corrected chi connectivity index (χ2v) is 18.0. The van der Waals surface area contributed by atoms with E-state index in [9.17, 15) is 0 Å². The highest BCUT2D eigenvalue weighted by molar-refractivity contribution is 5.26. The molecule has 0 aliphatic carbocycles. The Bertz CT molecular complexity index is 1770. The third-order valence-corrected chi connectivity index (χ3v) is 11.1. The highest BCUT2D eigenvalue weighted by atomic mass is 15.3. The van der Waals surface area contributed by atoms with Gasteiger partial charge in [-0.2, -0.15) is 0 Å². The molecule has 2 N–H and O–H groups in total. The normalized spacial score (nSPS) is 12.8. The summed E-state index contributed by atoms with van der Waals surface area (Å²) in [5, 5.41) is 2.22. The fourth-order valence-corrected chi connectivity index (χ4v) is 7.13. The van der Waals surface area contributed by atoms with Crippen molar-refractivity contribution in [1.29, 1.82) is 0 Å². The van der Waals surface area contributed by atoms with E-state index in [1.54, 1.807) is 0 Å². The zero-order valence-electron chi connectivity index (χ0n) is 38.3. The van der Waals surface area contributed by atoms with Crippen LogP contribution in [0.1, 0.15) is 161 Å². The van der Waals surface area contributed by atoms with E-state index in [4.69, 9.17) is 0 Å². The molecule has 1 aliphatic heterocycles. The predicted molar refractivity (Wildman–Crippen MR) is 262 cm³/mol. The summed E-state index contributed by atoms with van der Waals surface area (Å²) in [4.78, 5) is 0. The van der Waals surface area contributed by atoms with Gasteiger partial charge in [-0.05, 0) is 84.1 Å². The Kier molecular flexibility index (Phi) is 27.3. The maximum Gasteiger partial charge on any atom is 0.244 e. The van der Waals surface area contributed by atoms with Crippen molar-refractivity contribution >= 4 is 0 Å². The maximum atomic E-state index is 2.41. The highest BCUT2D eigenvalue weighted by Crippen LogP contribution is 2.22. The lowest BCUT2D eigenvalue weighted by atomic mass is 10.0. The van der Waals surface area contributed by atoms with Crippen molar-refractivity contribution < 1.29 is 18.9 Å². The fourth-order valence-electron chi connectivity index (χ4n) is 7.13. The van der Waals surface area contributed by atoms with Crippen LogP contribution in [0.3, 0.4) is 0 Å². The van der Waals surface area contributed by atoms with Gasteiger partial charge in [0.2, 0.25) is 12.7 Å². The van der Waals surface area contributed by atoms with E-state index >= 15 is 0 Å². The number of nitrogens with zero attached hydrogens (tertiary/aromatic N) is 5. The van der Waals surface area contributed by atoms with Crippen molar-refractivity contribution in [3.8, 4) is 0 Å². The Balaban J connectivity index is 0.000000789. The third kappa shape index (κ3) is 21.0. The van der Waals surface area contributed by atoms with Crippen LogP contribution >= 0.6 is 0 Å². The number of aryl methyl sites for hydroxylation is 2. The van der Waals surface area contributed by atoms with E-state index in [1.807, 2.05) is 7.05 Å². The fraction of sp³-hybridized carbons (Fsp3) is 0.556. The minimum absolute atomic E-state index is 0. The SMILES string of the molecule is C.C.C.CC(C)c1ccc(C[N+]2(C)CCCCC2)cc1.CC(C)c1ccc(Cn2cc[n+](C)c2)cc1.CCn1cc[n+](Cc2ccc(C(C)C)cc2)c1.C[NH2+]CCC(C)C. The van der Waals surface area contributed by atoms with E-state index < -0.39 is 0 Å². The van der Waals surface area contributed by atoms with E-state index in [0.717, 1.165) is 25.6 Å². The van der Waals surface area contributed by atoms with Crippen LogP contribution in [-0.2, 0) is 33.2 Å².